The lowest BCUT2D eigenvalue weighted by molar-refractivity contribution is 0.192. The van der Waals surface area contributed by atoms with Crippen molar-refractivity contribution in [3.8, 4) is 5.75 Å². The summed E-state index contributed by atoms with van der Waals surface area (Å²) >= 11 is 3.49. The van der Waals surface area contributed by atoms with Gasteiger partial charge in [-0.05, 0) is 49.2 Å². The molecule has 1 aliphatic rings. The predicted molar refractivity (Wildman–Crippen MR) is 81.6 cm³/mol. The molecule has 0 amide bonds. The fourth-order valence-electron chi connectivity index (χ4n) is 2.04. The van der Waals surface area contributed by atoms with E-state index >= 15 is 0 Å². The molecule has 0 fully saturated rings. The van der Waals surface area contributed by atoms with E-state index in [4.69, 9.17) is 9.47 Å². The summed E-state index contributed by atoms with van der Waals surface area (Å²) < 4.78 is 11.8. The molecule has 1 aliphatic heterocycles. The van der Waals surface area contributed by atoms with Crippen molar-refractivity contribution in [3.05, 3.63) is 33.8 Å². The highest BCUT2D eigenvalue weighted by atomic mass is 79.9. The number of unbranched alkanes of at least 4 members (excludes halogenated alkanes) is 1. The van der Waals surface area contributed by atoms with E-state index in [1.165, 1.54) is 5.57 Å². The number of nitrogens with one attached hydrogen (secondary N) is 1. The average molecular weight is 326 g/mol. The van der Waals surface area contributed by atoms with Gasteiger partial charge in [0.1, 0.15) is 12.4 Å². The van der Waals surface area contributed by atoms with Crippen molar-refractivity contribution in [2.24, 2.45) is 0 Å². The monoisotopic (exact) mass is 325 g/mol. The fraction of sp³-hybridized carbons (Fsp3) is 0.467. The minimum atomic E-state index is 0.680. The Labute approximate surface area is 123 Å². The Kier molecular flexibility index (Phi) is 5.89. The maximum absolute atomic E-state index is 5.74. The maximum Gasteiger partial charge on any atom is 0.127 e. The van der Waals surface area contributed by atoms with Gasteiger partial charge in [0.2, 0.25) is 0 Å². The summed E-state index contributed by atoms with van der Waals surface area (Å²) in [6.45, 7) is 3.43. The van der Waals surface area contributed by atoms with Gasteiger partial charge in [-0.1, -0.05) is 15.9 Å². The first-order chi connectivity index (χ1) is 9.29. The third-order valence-electron chi connectivity index (χ3n) is 3.05. The second kappa shape index (κ2) is 7.68. The maximum atomic E-state index is 5.74. The van der Waals surface area contributed by atoms with Crippen LogP contribution in [-0.4, -0.2) is 33.4 Å². The summed E-state index contributed by atoms with van der Waals surface area (Å²) in [5, 5.41) is 3.44. The zero-order valence-corrected chi connectivity index (χ0v) is 12.8. The Morgan fingerprint density at radius 1 is 1.37 bits per heavy atom. The van der Waals surface area contributed by atoms with E-state index in [0.29, 0.717) is 6.61 Å². The lowest BCUT2D eigenvalue weighted by atomic mass is 10.1. The van der Waals surface area contributed by atoms with E-state index in [1.54, 1.807) is 7.11 Å². The summed E-state index contributed by atoms with van der Waals surface area (Å²) in [5.41, 5.74) is 2.44. The molecule has 0 saturated heterocycles. The first kappa shape index (κ1) is 14.6. The van der Waals surface area contributed by atoms with E-state index in [9.17, 15) is 0 Å². The normalized spacial score (nSPS) is 13.7. The number of benzene rings is 1. The number of hydrogen-bond donors (Lipinski definition) is 1. The van der Waals surface area contributed by atoms with Crippen molar-refractivity contribution >= 4 is 22.0 Å². The molecular weight excluding hydrogens is 306 g/mol. The summed E-state index contributed by atoms with van der Waals surface area (Å²) in [5.74, 6) is 0.965. The van der Waals surface area contributed by atoms with Crippen molar-refractivity contribution in [1.82, 2.24) is 5.32 Å². The molecule has 0 radical (unpaired) electrons. The Hall–Kier alpha value is -0.840. The molecule has 104 valence electrons. The van der Waals surface area contributed by atoms with Crippen LogP contribution in [0.4, 0.5) is 0 Å². The van der Waals surface area contributed by atoms with E-state index in [2.05, 4.69) is 33.4 Å². The highest BCUT2D eigenvalue weighted by Crippen LogP contribution is 2.28. The van der Waals surface area contributed by atoms with Gasteiger partial charge < -0.3 is 14.8 Å². The lowest BCUT2D eigenvalue weighted by Gasteiger charge is -2.18. The first-order valence-corrected chi connectivity index (χ1v) is 7.40. The summed E-state index contributed by atoms with van der Waals surface area (Å²) in [4.78, 5) is 0. The minimum absolute atomic E-state index is 0.680. The molecule has 0 aromatic heterocycles. The Morgan fingerprint density at radius 2 is 2.26 bits per heavy atom. The summed E-state index contributed by atoms with van der Waals surface area (Å²) in [7, 11) is 1.74. The highest BCUT2D eigenvalue weighted by molar-refractivity contribution is 9.10. The van der Waals surface area contributed by atoms with Crippen LogP contribution in [0.5, 0.6) is 5.75 Å². The van der Waals surface area contributed by atoms with Gasteiger partial charge in [-0.2, -0.15) is 0 Å². The van der Waals surface area contributed by atoms with Crippen molar-refractivity contribution in [2.75, 3.05) is 33.4 Å². The number of halogens is 1. The van der Waals surface area contributed by atoms with Crippen LogP contribution < -0.4 is 10.1 Å². The highest BCUT2D eigenvalue weighted by Gasteiger charge is 2.11. The van der Waals surface area contributed by atoms with Crippen molar-refractivity contribution < 1.29 is 9.47 Å². The van der Waals surface area contributed by atoms with Crippen molar-refractivity contribution in [1.29, 1.82) is 0 Å². The van der Waals surface area contributed by atoms with Gasteiger partial charge in [0.15, 0.2) is 0 Å². The third-order valence-corrected chi connectivity index (χ3v) is 3.54. The summed E-state index contributed by atoms with van der Waals surface area (Å²) in [6.07, 6.45) is 4.46. The predicted octanol–water partition coefficient (Wildman–Crippen LogP) is 3.24. The summed E-state index contributed by atoms with van der Waals surface area (Å²) in [6, 6.07) is 6.10. The number of hydrogen-bond acceptors (Lipinski definition) is 3. The number of rotatable bonds is 7. The van der Waals surface area contributed by atoms with Crippen molar-refractivity contribution in [3.63, 3.8) is 0 Å². The Bertz CT molecular complexity index is 446. The molecule has 0 spiro atoms. The van der Waals surface area contributed by atoms with Crippen LogP contribution in [0.15, 0.2) is 28.2 Å². The molecule has 0 unspecified atom stereocenters. The van der Waals surface area contributed by atoms with Gasteiger partial charge in [0.25, 0.3) is 0 Å². The molecule has 1 N–H and O–H groups in total. The molecular formula is C15H20BrNO2. The smallest absolute Gasteiger partial charge is 0.127 e. The fourth-order valence-corrected chi connectivity index (χ4v) is 2.42. The SMILES string of the molecule is COCCCCNCC1=Cc2cc(Br)ccc2OC1. The lowest BCUT2D eigenvalue weighted by Crippen LogP contribution is -2.22. The van der Waals surface area contributed by atoms with Crippen LogP contribution in [0.1, 0.15) is 18.4 Å². The van der Waals surface area contributed by atoms with Gasteiger partial charge in [-0.3, -0.25) is 0 Å². The molecule has 2 rings (SSSR count). The molecule has 1 aromatic rings. The zero-order chi connectivity index (χ0) is 13.5. The number of ether oxygens (including phenoxy) is 2. The molecule has 1 heterocycles. The number of fused-ring (bicyclic) bond motifs is 1. The quantitative estimate of drug-likeness (QED) is 0.781. The molecule has 0 aliphatic carbocycles. The Balaban J connectivity index is 1.79. The second-order valence-electron chi connectivity index (χ2n) is 4.65. The molecule has 1 aromatic carbocycles. The average Bonchev–Trinajstić information content (AvgIpc) is 2.42. The molecule has 3 nitrogen and oxygen atoms in total. The molecule has 0 saturated carbocycles. The van der Waals surface area contributed by atoms with Gasteiger partial charge in [-0.15, -0.1) is 0 Å². The molecule has 0 bridgehead atoms. The molecule has 19 heavy (non-hydrogen) atoms. The standard InChI is InChI=1S/C15H20BrNO2/c1-18-7-3-2-6-17-10-12-8-13-9-14(16)4-5-15(13)19-11-12/h4-5,8-9,17H,2-3,6-7,10-11H2,1H3. The minimum Gasteiger partial charge on any atom is -0.489 e. The van der Waals surface area contributed by atoms with Crippen LogP contribution >= 0.6 is 15.9 Å². The van der Waals surface area contributed by atoms with Crippen LogP contribution in [0.2, 0.25) is 0 Å². The van der Waals surface area contributed by atoms with Gasteiger partial charge in [-0.25, -0.2) is 0 Å². The van der Waals surface area contributed by atoms with Crippen LogP contribution in [0.25, 0.3) is 6.08 Å². The van der Waals surface area contributed by atoms with Gasteiger partial charge in [0, 0.05) is 30.3 Å². The molecule has 4 heteroatoms. The van der Waals surface area contributed by atoms with Crippen LogP contribution in [0, 0.1) is 0 Å². The van der Waals surface area contributed by atoms with E-state index in [1.807, 2.05) is 12.1 Å². The Morgan fingerprint density at radius 3 is 3.11 bits per heavy atom. The topological polar surface area (TPSA) is 30.5 Å². The van der Waals surface area contributed by atoms with E-state index in [-0.39, 0.29) is 0 Å². The molecule has 0 atom stereocenters. The van der Waals surface area contributed by atoms with Gasteiger partial charge >= 0.3 is 0 Å². The van der Waals surface area contributed by atoms with Gasteiger partial charge in [0.05, 0.1) is 0 Å². The van der Waals surface area contributed by atoms with Crippen LogP contribution in [-0.2, 0) is 4.74 Å². The van der Waals surface area contributed by atoms with E-state index < -0.39 is 0 Å². The number of methoxy groups -OCH3 is 1. The largest absolute Gasteiger partial charge is 0.489 e. The third kappa shape index (κ3) is 4.64. The first-order valence-electron chi connectivity index (χ1n) is 6.61. The second-order valence-corrected chi connectivity index (χ2v) is 5.57. The van der Waals surface area contributed by atoms with Crippen LogP contribution in [0.3, 0.4) is 0 Å². The van der Waals surface area contributed by atoms with E-state index in [0.717, 1.165) is 48.3 Å². The van der Waals surface area contributed by atoms with Crippen molar-refractivity contribution in [2.45, 2.75) is 12.8 Å². The zero-order valence-electron chi connectivity index (χ0n) is 11.2.